The van der Waals surface area contributed by atoms with Crippen molar-refractivity contribution in [3.63, 3.8) is 0 Å². The lowest BCUT2D eigenvalue weighted by molar-refractivity contribution is 0.104. The molecule has 0 aliphatic heterocycles. The Bertz CT molecular complexity index is 703. The number of phenolic OH excluding ortho intramolecular Hbond substituents is 2. The summed E-state index contributed by atoms with van der Waals surface area (Å²) in [6.45, 7) is 0. The minimum absolute atomic E-state index is 0.114. The number of carbonyl (C=O) groups is 1. The molecule has 0 saturated carbocycles. The molecule has 0 atom stereocenters. The van der Waals surface area contributed by atoms with E-state index in [1.807, 2.05) is 36.4 Å². The molecule has 0 unspecified atom stereocenters. The summed E-state index contributed by atoms with van der Waals surface area (Å²) in [4.78, 5) is 12.0. The van der Waals surface area contributed by atoms with E-state index in [1.165, 1.54) is 12.1 Å². The molecular weight excluding hydrogens is 332 g/mol. The maximum atomic E-state index is 12.0. The SMILES string of the molecule is O=C(/C=C/C=C/c1ccccc1)c1cc(Br)c(O)cc1O. The number of benzene rings is 2. The van der Waals surface area contributed by atoms with Crippen molar-refractivity contribution in [2.24, 2.45) is 0 Å². The molecule has 0 amide bonds. The molecule has 21 heavy (non-hydrogen) atoms. The van der Waals surface area contributed by atoms with Gasteiger partial charge in [0.1, 0.15) is 11.5 Å². The van der Waals surface area contributed by atoms with Crippen molar-refractivity contribution in [2.75, 3.05) is 0 Å². The van der Waals surface area contributed by atoms with Crippen molar-refractivity contribution in [3.8, 4) is 11.5 Å². The third kappa shape index (κ3) is 4.07. The highest BCUT2D eigenvalue weighted by molar-refractivity contribution is 9.10. The van der Waals surface area contributed by atoms with Gasteiger partial charge in [0.25, 0.3) is 0 Å². The lowest BCUT2D eigenvalue weighted by Crippen LogP contribution is -1.94. The molecule has 2 rings (SSSR count). The molecule has 0 fully saturated rings. The van der Waals surface area contributed by atoms with Gasteiger partial charge in [-0.05, 0) is 33.6 Å². The maximum Gasteiger partial charge on any atom is 0.189 e. The van der Waals surface area contributed by atoms with Gasteiger partial charge in [0.15, 0.2) is 5.78 Å². The second-order valence-electron chi connectivity index (χ2n) is 4.31. The van der Waals surface area contributed by atoms with E-state index >= 15 is 0 Å². The van der Waals surface area contributed by atoms with E-state index in [-0.39, 0.29) is 22.8 Å². The van der Waals surface area contributed by atoms with Gasteiger partial charge in [0, 0.05) is 6.07 Å². The number of halogens is 1. The molecule has 2 N–H and O–H groups in total. The Kier molecular flexibility index (Phi) is 4.95. The Labute approximate surface area is 131 Å². The Balaban J connectivity index is 2.10. The monoisotopic (exact) mass is 344 g/mol. The smallest absolute Gasteiger partial charge is 0.189 e. The van der Waals surface area contributed by atoms with Crippen molar-refractivity contribution in [2.45, 2.75) is 0 Å². The Morgan fingerprint density at radius 3 is 2.43 bits per heavy atom. The summed E-state index contributed by atoms with van der Waals surface area (Å²) in [7, 11) is 0. The Morgan fingerprint density at radius 1 is 1.00 bits per heavy atom. The second-order valence-corrected chi connectivity index (χ2v) is 5.17. The van der Waals surface area contributed by atoms with Crippen LogP contribution in [0.4, 0.5) is 0 Å². The summed E-state index contributed by atoms with van der Waals surface area (Å²) in [5, 5.41) is 19.1. The van der Waals surface area contributed by atoms with Crippen LogP contribution in [0.5, 0.6) is 11.5 Å². The van der Waals surface area contributed by atoms with Crippen LogP contribution >= 0.6 is 15.9 Å². The lowest BCUT2D eigenvalue weighted by Gasteiger charge is -2.03. The van der Waals surface area contributed by atoms with E-state index in [1.54, 1.807) is 12.2 Å². The fourth-order valence-corrected chi connectivity index (χ4v) is 2.06. The van der Waals surface area contributed by atoms with Gasteiger partial charge in [-0.3, -0.25) is 4.79 Å². The molecular formula is C17H13BrO3. The topological polar surface area (TPSA) is 57.5 Å². The number of hydrogen-bond acceptors (Lipinski definition) is 3. The number of hydrogen-bond donors (Lipinski definition) is 2. The van der Waals surface area contributed by atoms with Crippen LogP contribution in [0.25, 0.3) is 6.08 Å². The van der Waals surface area contributed by atoms with Crippen molar-refractivity contribution in [3.05, 3.63) is 76.3 Å². The van der Waals surface area contributed by atoms with Gasteiger partial charge >= 0.3 is 0 Å². The number of aromatic hydroxyl groups is 2. The van der Waals surface area contributed by atoms with Crippen LogP contribution in [0.15, 0.2) is 65.2 Å². The van der Waals surface area contributed by atoms with Gasteiger partial charge < -0.3 is 10.2 Å². The first kappa shape index (κ1) is 15.1. The van der Waals surface area contributed by atoms with Crippen molar-refractivity contribution < 1.29 is 15.0 Å². The standard InChI is InChI=1S/C17H13BrO3/c18-14-10-13(16(20)11-17(14)21)15(19)9-5-4-8-12-6-2-1-3-7-12/h1-11,20-21H/b8-4+,9-5+. The molecule has 0 heterocycles. The molecule has 106 valence electrons. The van der Waals surface area contributed by atoms with Gasteiger partial charge in [0.2, 0.25) is 0 Å². The number of ketones is 1. The van der Waals surface area contributed by atoms with Crippen LogP contribution in [0.3, 0.4) is 0 Å². The summed E-state index contributed by atoms with van der Waals surface area (Å²) in [6, 6.07) is 12.2. The first-order valence-corrected chi connectivity index (χ1v) is 7.03. The van der Waals surface area contributed by atoms with Crippen LogP contribution in [-0.2, 0) is 0 Å². The van der Waals surface area contributed by atoms with E-state index in [2.05, 4.69) is 15.9 Å². The number of phenols is 2. The predicted molar refractivity (Wildman–Crippen MR) is 86.4 cm³/mol. The largest absolute Gasteiger partial charge is 0.507 e. The predicted octanol–water partition coefficient (Wildman–Crippen LogP) is 4.31. The fraction of sp³-hybridized carbons (Fsp3) is 0. The van der Waals surface area contributed by atoms with Crippen molar-refractivity contribution in [1.29, 1.82) is 0 Å². The first-order chi connectivity index (χ1) is 10.1. The molecule has 0 bridgehead atoms. The van der Waals surface area contributed by atoms with Crippen LogP contribution in [0, 0.1) is 0 Å². The third-order valence-corrected chi connectivity index (χ3v) is 3.41. The molecule has 0 saturated heterocycles. The van der Waals surface area contributed by atoms with Crippen molar-refractivity contribution in [1.82, 2.24) is 0 Å². The molecule has 0 radical (unpaired) electrons. The summed E-state index contributed by atoms with van der Waals surface area (Å²) in [6.07, 6.45) is 6.59. The number of carbonyl (C=O) groups excluding carboxylic acids is 1. The van der Waals surface area contributed by atoms with Gasteiger partial charge in [-0.15, -0.1) is 0 Å². The van der Waals surface area contributed by atoms with Gasteiger partial charge in [-0.25, -0.2) is 0 Å². The minimum Gasteiger partial charge on any atom is -0.507 e. The quantitative estimate of drug-likeness (QED) is 0.493. The maximum absolute atomic E-state index is 12.0. The highest BCUT2D eigenvalue weighted by atomic mass is 79.9. The average Bonchev–Trinajstić information content (AvgIpc) is 2.48. The Morgan fingerprint density at radius 2 is 1.71 bits per heavy atom. The number of allylic oxidation sites excluding steroid dienone is 3. The average molecular weight is 345 g/mol. The normalized spacial score (nSPS) is 11.3. The van der Waals surface area contributed by atoms with Crippen LogP contribution in [-0.4, -0.2) is 16.0 Å². The third-order valence-electron chi connectivity index (χ3n) is 2.78. The van der Waals surface area contributed by atoms with Crippen molar-refractivity contribution >= 4 is 27.8 Å². The highest BCUT2D eigenvalue weighted by Gasteiger charge is 2.11. The highest BCUT2D eigenvalue weighted by Crippen LogP contribution is 2.31. The number of rotatable bonds is 4. The van der Waals surface area contributed by atoms with E-state index in [0.29, 0.717) is 4.47 Å². The zero-order chi connectivity index (χ0) is 15.2. The van der Waals surface area contributed by atoms with E-state index in [9.17, 15) is 15.0 Å². The summed E-state index contributed by atoms with van der Waals surface area (Å²) in [5.41, 5.74) is 1.16. The molecule has 0 aliphatic rings. The summed E-state index contributed by atoms with van der Waals surface area (Å²) < 4.78 is 0.358. The molecule has 0 aliphatic carbocycles. The Hall–Kier alpha value is -2.33. The first-order valence-electron chi connectivity index (χ1n) is 6.23. The molecule has 3 nitrogen and oxygen atoms in total. The zero-order valence-electron chi connectivity index (χ0n) is 11.0. The molecule has 2 aromatic rings. The zero-order valence-corrected chi connectivity index (χ0v) is 12.6. The second kappa shape index (κ2) is 6.90. The van der Waals surface area contributed by atoms with E-state index < -0.39 is 0 Å². The minimum atomic E-state index is -0.342. The lowest BCUT2D eigenvalue weighted by atomic mass is 10.1. The molecule has 0 aromatic heterocycles. The van der Waals surface area contributed by atoms with Gasteiger partial charge in [-0.2, -0.15) is 0 Å². The van der Waals surface area contributed by atoms with Crippen LogP contribution < -0.4 is 0 Å². The summed E-state index contributed by atoms with van der Waals surface area (Å²) in [5.74, 6) is -0.708. The van der Waals surface area contributed by atoms with E-state index in [4.69, 9.17) is 0 Å². The van der Waals surface area contributed by atoms with Gasteiger partial charge in [0.05, 0.1) is 10.0 Å². The van der Waals surface area contributed by atoms with E-state index in [0.717, 1.165) is 11.6 Å². The molecule has 4 heteroatoms. The summed E-state index contributed by atoms with van der Waals surface area (Å²) >= 11 is 3.11. The van der Waals surface area contributed by atoms with Crippen LogP contribution in [0.1, 0.15) is 15.9 Å². The molecule has 2 aromatic carbocycles. The van der Waals surface area contributed by atoms with Crippen LogP contribution in [0.2, 0.25) is 0 Å². The van der Waals surface area contributed by atoms with Gasteiger partial charge in [-0.1, -0.05) is 48.6 Å². The molecule has 0 spiro atoms. The fourth-order valence-electron chi connectivity index (χ4n) is 1.71.